The molecule has 0 aliphatic carbocycles. The number of rotatable bonds is 16. The molecule has 0 unspecified atom stereocenters. The third kappa shape index (κ3) is 13.7. The molecule has 3 amide bonds. The predicted octanol–water partition coefficient (Wildman–Crippen LogP) is -11.1. The molecule has 0 saturated carbocycles. The van der Waals surface area contributed by atoms with Gasteiger partial charge in [-0.25, -0.2) is 0 Å². The van der Waals surface area contributed by atoms with Crippen LogP contribution < -0.4 is 21.7 Å². The summed E-state index contributed by atoms with van der Waals surface area (Å²) in [5, 5.41) is 136. The van der Waals surface area contributed by atoms with Crippen molar-refractivity contribution in [3.8, 4) is 0 Å². The Morgan fingerprint density at radius 1 is 0.603 bits per heavy atom. The lowest BCUT2D eigenvalue weighted by Crippen LogP contribution is -2.72. The third-order valence-electron chi connectivity index (χ3n) is 10.5. The second-order valence-electron chi connectivity index (χ2n) is 15.3. The molecule has 366 valence electrons. The van der Waals surface area contributed by atoms with Gasteiger partial charge in [-0.05, 0) is 6.92 Å². The molecule has 4 saturated heterocycles. The molecule has 0 radical (unpaired) electrons. The first kappa shape index (κ1) is 54.6. The molecule has 18 N–H and O–H groups in total. The van der Waals surface area contributed by atoms with Crippen molar-refractivity contribution >= 4 is 24.0 Å². The standard InChI is InChI=1S/C30H52N4O19.C5H10O5/c1-8-15(31)25(52-30-23(45)22(44)19(41)12(5-35)49-30)18(34-11(4)40)29(47-8)51-24-14(7-37)50-28(16(21(24)43)32-9(2)38)53-26-17(33-10(3)39)27(46)48-13(6-36)20(26)42;6-1-3(8)5(10)4(9)2-7/h8,12-30,35-37,41-46H,5-7,31H2,1-4H3,(H,32,38)(H,33,39)(H,34,40);1,3-5,7-10H,2H2/t8-,12-,13-,14-,15+,16-,17-,18-,19-,20+,21-,22+,23-,24+,25+,26-,27-,28-,29+,30+;3-,4+,5-/m10/s1. The first-order valence-electron chi connectivity index (χ1n) is 19.7. The molecular formula is C35H62N4O24. The molecule has 23 atom stereocenters. The van der Waals surface area contributed by atoms with Crippen molar-refractivity contribution in [2.45, 2.75) is 169 Å². The average Bonchev–Trinajstić information content (AvgIpc) is 3.24. The van der Waals surface area contributed by atoms with Crippen LogP contribution >= 0.6 is 0 Å². The number of ether oxygens (including phenoxy) is 7. The Morgan fingerprint density at radius 2 is 1.08 bits per heavy atom. The first-order valence-corrected chi connectivity index (χ1v) is 19.7. The van der Waals surface area contributed by atoms with Gasteiger partial charge < -0.3 is 126 Å². The Balaban J connectivity index is 0.000000938. The molecule has 28 nitrogen and oxygen atoms in total. The van der Waals surface area contributed by atoms with E-state index in [-0.39, 0.29) is 6.29 Å². The Hall–Kier alpha value is -2.76. The highest BCUT2D eigenvalue weighted by Crippen LogP contribution is 2.34. The third-order valence-corrected chi connectivity index (χ3v) is 10.5. The summed E-state index contributed by atoms with van der Waals surface area (Å²) in [6, 6.07) is -5.42. The number of aldehydes is 1. The van der Waals surface area contributed by atoms with Crippen molar-refractivity contribution in [3.63, 3.8) is 0 Å². The van der Waals surface area contributed by atoms with Crippen molar-refractivity contribution in [1.82, 2.24) is 16.0 Å². The van der Waals surface area contributed by atoms with Crippen molar-refractivity contribution in [3.05, 3.63) is 0 Å². The van der Waals surface area contributed by atoms with Crippen LogP contribution in [0.1, 0.15) is 27.7 Å². The van der Waals surface area contributed by atoms with Gasteiger partial charge in [0.25, 0.3) is 0 Å². The minimum Gasteiger partial charge on any atom is -0.394 e. The van der Waals surface area contributed by atoms with Gasteiger partial charge in [-0.2, -0.15) is 0 Å². The number of aliphatic hydroxyl groups excluding tert-OH is 13. The second-order valence-corrected chi connectivity index (χ2v) is 15.3. The van der Waals surface area contributed by atoms with Crippen molar-refractivity contribution in [2.75, 3.05) is 26.4 Å². The van der Waals surface area contributed by atoms with Crippen LogP contribution in [-0.2, 0) is 52.3 Å². The zero-order valence-corrected chi connectivity index (χ0v) is 34.6. The molecule has 28 heteroatoms. The molecule has 0 spiro atoms. The summed E-state index contributed by atoms with van der Waals surface area (Å²) in [7, 11) is 0. The maximum atomic E-state index is 12.4. The summed E-state index contributed by atoms with van der Waals surface area (Å²) in [5.41, 5.74) is 6.40. The number of hydrogen-bond donors (Lipinski definition) is 17. The van der Waals surface area contributed by atoms with E-state index in [2.05, 4.69) is 16.0 Å². The average molecular weight is 923 g/mol. The summed E-state index contributed by atoms with van der Waals surface area (Å²) in [5.74, 6) is -2.01. The molecule has 0 aromatic rings. The lowest BCUT2D eigenvalue weighted by Gasteiger charge is -2.51. The lowest BCUT2D eigenvalue weighted by molar-refractivity contribution is -0.354. The predicted molar refractivity (Wildman–Crippen MR) is 200 cm³/mol. The number of amides is 3. The van der Waals surface area contributed by atoms with Gasteiger partial charge in [0, 0.05) is 20.8 Å². The molecule has 4 fully saturated rings. The van der Waals surface area contributed by atoms with Gasteiger partial charge in [0.05, 0.1) is 38.6 Å². The minimum atomic E-state index is -1.84. The Kier molecular flexibility index (Phi) is 21.4. The SMILES string of the molecule is CC(=O)N[C@@H]1[C@@H](O[C@H]2O[C@H](CO)[C@H](O[C@@H]3O[C@H](C)[C@H](N)[C@H](O[C@@H]4O[C@H](CO)[C@@H](O)[C@H](O)[C@H]4O)[C@H]3NC(C)=O)[C@H](O)[C@H]2NC(C)=O)[C@@H](O)[C@@H](CO)O[C@H]1O.O=C[C@H](O)[C@H](O)[C@H](O)CO. The van der Waals surface area contributed by atoms with Gasteiger partial charge in [-0.1, -0.05) is 0 Å². The van der Waals surface area contributed by atoms with Crippen LogP contribution in [0, 0.1) is 0 Å². The minimum absolute atomic E-state index is 0.0869. The Labute approximate surface area is 359 Å². The van der Waals surface area contributed by atoms with Crippen molar-refractivity contribution in [2.24, 2.45) is 5.73 Å². The monoisotopic (exact) mass is 922 g/mol. The Morgan fingerprint density at radius 3 is 1.60 bits per heavy atom. The number of carbonyl (C=O) groups excluding carboxylic acids is 4. The topological polar surface area (TPSA) is 458 Å². The Bertz CT molecular complexity index is 1460. The van der Waals surface area contributed by atoms with Gasteiger partial charge >= 0.3 is 0 Å². The van der Waals surface area contributed by atoms with E-state index >= 15 is 0 Å². The molecular weight excluding hydrogens is 860 g/mol. The largest absolute Gasteiger partial charge is 0.394 e. The number of carbonyl (C=O) groups is 4. The fourth-order valence-corrected chi connectivity index (χ4v) is 7.16. The summed E-state index contributed by atoms with van der Waals surface area (Å²) >= 11 is 0. The molecule has 0 bridgehead atoms. The first-order chi connectivity index (χ1) is 29.6. The summed E-state index contributed by atoms with van der Waals surface area (Å²) < 4.78 is 40.7. The van der Waals surface area contributed by atoms with Crippen LogP contribution in [-0.4, -0.2) is 258 Å². The van der Waals surface area contributed by atoms with Crippen LogP contribution in [0.25, 0.3) is 0 Å². The van der Waals surface area contributed by atoms with E-state index in [0.717, 1.165) is 20.8 Å². The summed E-state index contributed by atoms with van der Waals surface area (Å²) in [6.07, 6.45) is -29.9. The highest BCUT2D eigenvalue weighted by molar-refractivity contribution is 5.74. The number of aliphatic hydroxyl groups is 13. The molecule has 0 aromatic carbocycles. The van der Waals surface area contributed by atoms with E-state index in [1.54, 1.807) is 0 Å². The van der Waals surface area contributed by atoms with Crippen molar-refractivity contribution in [1.29, 1.82) is 0 Å². The number of nitrogens with two attached hydrogens (primary N) is 1. The van der Waals surface area contributed by atoms with E-state index in [1.165, 1.54) is 6.92 Å². The second kappa shape index (κ2) is 24.7. The summed E-state index contributed by atoms with van der Waals surface area (Å²) in [4.78, 5) is 46.5. The van der Waals surface area contributed by atoms with Gasteiger partial charge in [0.15, 0.2) is 31.4 Å². The van der Waals surface area contributed by atoms with Crippen LogP contribution in [0.4, 0.5) is 0 Å². The van der Waals surface area contributed by atoms with Crippen LogP contribution in [0.3, 0.4) is 0 Å². The molecule has 4 heterocycles. The molecule has 4 aliphatic rings. The fourth-order valence-electron chi connectivity index (χ4n) is 7.16. The zero-order chi connectivity index (χ0) is 47.6. The normalized spacial score (nSPS) is 42.1. The molecule has 4 rings (SSSR count). The van der Waals surface area contributed by atoms with E-state index in [4.69, 9.17) is 59.3 Å². The van der Waals surface area contributed by atoms with E-state index in [1.807, 2.05) is 0 Å². The maximum Gasteiger partial charge on any atom is 0.217 e. The fraction of sp³-hybridized carbons (Fsp3) is 0.886. The number of nitrogens with one attached hydrogen (secondary N) is 3. The lowest BCUT2D eigenvalue weighted by atomic mass is 9.93. The van der Waals surface area contributed by atoms with Gasteiger partial charge in [-0.15, -0.1) is 0 Å². The maximum absolute atomic E-state index is 12.4. The van der Waals surface area contributed by atoms with Gasteiger partial charge in [0.1, 0.15) is 104 Å². The molecule has 63 heavy (non-hydrogen) atoms. The van der Waals surface area contributed by atoms with Crippen LogP contribution in [0.15, 0.2) is 0 Å². The van der Waals surface area contributed by atoms with E-state index < -0.39 is 185 Å². The van der Waals surface area contributed by atoms with Crippen LogP contribution in [0.2, 0.25) is 0 Å². The zero-order valence-electron chi connectivity index (χ0n) is 34.6. The van der Waals surface area contributed by atoms with E-state index in [9.17, 15) is 65.1 Å². The number of hydrogen-bond acceptors (Lipinski definition) is 25. The summed E-state index contributed by atoms with van der Waals surface area (Å²) in [6.45, 7) is 1.80. The smallest absolute Gasteiger partial charge is 0.217 e. The van der Waals surface area contributed by atoms with Gasteiger partial charge in [0.2, 0.25) is 17.7 Å². The van der Waals surface area contributed by atoms with Crippen LogP contribution in [0.5, 0.6) is 0 Å². The quantitative estimate of drug-likeness (QED) is 0.0639. The van der Waals surface area contributed by atoms with Gasteiger partial charge in [-0.3, -0.25) is 14.4 Å². The molecule has 0 aromatic heterocycles. The van der Waals surface area contributed by atoms with E-state index in [0.29, 0.717) is 0 Å². The van der Waals surface area contributed by atoms with Crippen molar-refractivity contribution < 1.29 is 119 Å². The molecule has 4 aliphatic heterocycles. The highest BCUT2D eigenvalue weighted by Gasteiger charge is 2.55. The highest BCUT2D eigenvalue weighted by atomic mass is 16.7.